The van der Waals surface area contributed by atoms with Crippen LogP contribution in [0.1, 0.15) is 43.0 Å². The summed E-state index contributed by atoms with van der Waals surface area (Å²) in [6, 6.07) is 29.7. The Hall–Kier alpha value is -5.34. The van der Waals surface area contributed by atoms with E-state index in [0.29, 0.717) is 29.2 Å². The van der Waals surface area contributed by atoms with Crippen molar-refractivity contribution in [2.75, 3.05) is 13.2 Å². The molecule has 0 fully saturated rings. The molecule has 0 atom stereocenters. The van der Waals surface area contributed by atoms with Crippen LogP contribution in [0, 0.1) is 0 Å². The van der Waals surface area contributed by atoms with Crippen LogP contribution in [0.3, 0.4) is 0 Å². The molecular weight excluding hydrogens is 587 g/mol. The molecule has 0 amide bonds. The smallest absolute Gasteiger partial charge is 0.343 e. The molecular formula is C38H37FO7. The number of allylic oxidation sites excluding steroid dienone is 1. The number of unbranched alkanes of at least 4 members (excludes halogenated alkanes) is 3. The van der Waals surface area contributed by atoms with E-state index in [1.165, 1.54) is 0 Å². The standard InChI is InChI=1S/C35H34O6.C3H3FO/c1-25(2)34(37)40-32-17-15-29(16-18-32)27-9-7-26(8-10-27)28-11-13-30(14-12-28)35(38)41-33-21-19-31(20-22-33)39-24-6-4-3-5-23-36;1-3(4)2-5/h7-22,36H,1,3-6,23-24H2,2H3;2H,1H2. The number of rotatable bonds is 14. The van der Waals surface area contributed by atoms with Crippen molar-refractivity contribution in [2.24, 2.45) is 0 Å². The molecule has 0 aromatic heterocycles. The maximum atomic E-state index is 12.7. The first-order valence-corrected chi connectivity index (χ1v) is 14.7. The molecule has 0 heterocycles. The summed E-state index contributed by atoms with van der Waals surface area (Å²) in [6.07, 6.45) is 3.83. The summed E-state index contributed by atoms with van der Waals surface area (Å²) >= 11 is 0. The first-order chi connectivity index (χ1) is 22.2. The van der Waals surface area contributed by atoms with Crippen LogP contribution in [0.5, 0.6) is 17.2 Å². The summed E-state index contributed by atoms with van der Waals surface area (Å²) in [7, 11) is 0. The molecule has 0 aliphatic rings. The predicted molar refractivity (Wildman–Crippen MR) is 177 cm³/mol. The van der Waals surface area contributed by atoms with Crippen LogP contribution >= 0.6 is 0 Å². The third-order valence-electron chi connectivity index (χ3n) is 6.57. The zero-order valence-corrected chi connectivity index (χ0v) is 25.7. The van der Waals surface area contributed by atoms with Crippen LogP contribution in [-0.4, -0.2) is 36.5 Å². The lowest BCUT2D eigenvalue weighted by atomic mass is 9.99. The van der Waals surface area contributed by atoms with Crippen LogP contribution in [0.2, 0.25) is 0 Å². The molecule has 0 spiro atoms. The average molecular weight is 625 g/mol. The predicted octanol–water partition coefficient (Wildman–Crippen LogP) is 8.32. The summed E-state index contributed by atoms with van der Waals surface area (Å²) in [5, 5.41) is 8.82. The van der Waals surface area contributed by atoms with Gasteiger partial charge in [-0.15, -0.1) is 0 Å². The molecule has 0 saturated carbocycles. The maximum Gasteiger partial charge on any atom is 0.343 e. The van der Waals surface area contributed by atoms with Gasteiger partial charge in [-0.2, -0.15) is 0 Å². The highest BCUT2D eigenvalue weighted by Gasteiger charge is 2.10. The van der Waals surface area contributed by atoms with Gasteiger partial charge in [0.15, 0.2) is 12.1 Å². The summed E-state index contributed by atoms with van der Waals surface area (Å²) < 4.78 is 27.4. The minimum absolute atomic E-state index is 0.0556. The lowest BCUT2D eigenvalue weighted by molar-refractivity contribution is -0.130. The molecule has 1 N–H and O–H groups in total. The Kier molecular flexibility index (Phi) is 14.1. The Labute approximate surface area is 268 Å². The van der Waals surface area contributed by atoms with Crippen LogP contribution < -0.4 is 14.2 Å². The fourth-order valence-corrected chi connectivity index (χ4v) is 4.09. The van der Waals surface area contributed by atoms with E-state index in [4.69, 9.17) is 24.1 Å². The lowest BCUT2D eigenvalue weighted by Crippen LogP contribution is -2.08. The quantitative estimate of drug-likeness (QED) is 0.0495. The number of carbonyl (C=O) groups excluding carboxylic acids is 3. The van der Waals surface area contributed by atoms with Gasteiger partial charge in [-0.05, 0) is 97.0 Å². The number of carbonyl (C=O) groups is 3. The zero-order valence-electron chi connectivity index (χ0n) is 25.7. The fraction of sp³-hybridized carbons (Fsp3) is 0.184. The van der Waals surface area contributed by atoms with Gasteiger partial charge < -0.3 is 19.3 Å². The molecule has 0 bridgehead atoms. The van der Waals surface area contributed by atoms with Crippen molar-refractivity contribution in [3.8, 4) is 39.5 Å². The van der Waals surface area contributed by atoms with E-state index in [2.05, 4.69) is 13.2 Å². The molecule has 46 heavy (non-hydrogen) atoms. The molecule has 0 aliphatic heterocycles. The Morgan fingerprint density at radius 1 is 0.674 bits per heavy atom. The number of halogens is 1. The van der Waals surface area contributed by atoms with Crippen LogP contribution in [0.25, 0.3) is 22.3 Å². The van der Waals surface area contributed by atoms with Crippen molar-refractivity contribution < 1.29 is 38.1 Å². The molecule has 7 nitrogen and oxygen atoms in total. The molecule has 238 valence electrons. The Bertz CT molecular complexity index is 1590. The molecule has 8 heteroatoms. The Morgan fingerprint density at radius 3 is 1.57 bits per heavy atom. The third-order valence-corrected chi connectivity index (χ3v) is 6.57. The van der Waals surface area contributed by atoms with Gasteiger partial charge in [-0.3, -0.25) is 4.79 Å². The van der Waals surface area contributed by atoms with E-state index in [0.717, 1.165) is 53.7 Å². The number of hydrogen-bond donors (Lipinski definition) is 1. The maximum absolute atomic E-state index is 12.7. The number of ether oxygens (including phenoxy) is 3. The SMILES string of the molecule is C=C(C)C(=O)Oc1ccc(-c2ccc(-c3ccc(C(=O)Oc4ccc(OCCCCCCO)cc4)cc3)cc2)cc1.C=C(F)C=O. The van der Waals surface area contributed by atoms with Gasteiger partial charge in [0.05, 0.1) is 12.2 Å². The highest BCUT2D eigenvalue weighted by molar-refractivity contribution is 5.91. The van der Waals surface area contributed by atoms with E-state index in [1.54, 1.807) is 55.5 Å². The molecule has 0 aliphatic carbocycles. The third kappa shape index (κ3) is 11.6. The second kappa shape index (κ2) is 18.5. The van der Waals surface area contributed by atoms with Gasteiger partial charge in [-0.25, -0.2) is 14.0 Å². The van der Waals surface area contributed by atoms with Crippen molar-refractivity contribution >= 4 is 18.2 Å². The van der Waals surface area contributed by atoms with Crippen molar-refractivity contribution in [3.05, 3.63) is 127 Å². The average Bonchev–Trinajstić information content (AvgIpc) is 3.07. The summed E-state index contributed by atoms with van der Waals surface area (Å²) in [6.45, 7) is 8.69. The molecule has 4 rings (SSSR count). The highest BCUT2D eigenvalue weighted by atomic mass is 19.1. The number of esters is 2. The van der Waals surface area contributed by atoms with Crippen molar-refractivity contribution in [1.82, 2.24) is 0 Å². The van der Waals surface area contributed by atoms with Crippen molar-refractivity contribution in [1.29, 1.82) is 0 Å². The van der Waals surface area contributed by atoms with Gasteiger partial charge in [0.25, 0.3) is 0 Å². The molecule has 0 radical (unpaired) electrons. The lowest BCUT2D eigenvalue weighted by Gasteiger charge is -2.09. The second-order valence-corrected chi connectivity index (χ2v) is 10.3. The van der Waals surface area contributed by atoms with Crippen molar-refractivity contribution in [3.63, 3.8) is 0 Å². The number of hydrogen-bond acceptors (Lipinski definition) is 7. The Morgan fingerprint density at radius 2 is 1.09 bits per heavy atom. The minimum Gasteiger partial charge on any atom is -0.494 e. The summed E-state index contributed by atoms with van der Waals surface area (Å²) in [4.78, 5) is 33.4. The van der Waals surface area contributed by atoms with Gasteiger partial charge in [0, 0.05) is 12.2 Å². The number of aliphatic hydroxyl groups is 1. The van der Waals surface area contributed by atoms with Crippen LogP contribution in [0.4, 0.5) is 4.39 Å². The van der Waals surface area contributed by atoms with Gasteiger partial charge >= 0.3 is 11.9 Å². The first kappa shape index (κ1) is 35.1. The highest BCUT2D eigenvalue weighted by Crippen LogP contribution is 2.27. The van der Waals surface area contributed by atoms with E-state index in [-0.39, 0.29) is 12.9 Å². The summed E-state index contributed by atoms with van der Waals surface area (Å²) in [5.41, 5.74) is 4.84. The molecule has 4 aromatic rings. The topological polar surface area (TPSA) is 99.1 Å². The number of aliphatic hydroxyl groups excluding tert-OH is 1. The zero-order chi connectivity index (χ0) is 33.3. The largest absolute Gasteiger partial charge is 0.494 e. The van der Waals surface area contributed by atoms with Crippen LogP contribution in [0.15, 0.2) is 122 Å². The Balaban J connectivity index is 0.00000107. The fourth-order valence-electron chi connectivity index (χ4n) is 4.09. The van der Waals surface area contributed by atoms with Gasteiger partial charge in [0.1, 0.15) is 17.2 Å². The molecule has 0 unspecified atom stereocenters. The second-order valence-electron chi connectivity index (χ2n) is 10.3. The van der Waals surface area contributed by atoms with Crippen LogP contribution in [-0.2, 0) is 9.59 Å². The van der Waals surface area contributed by atoms with Crippen molar-refractivity contribution in [2.45, 2.75) is 32.6 Å². The minimum atomic E-state index is -0.926. The monoisotopic (exact) mass is 624 g/mol. The van der Waals surface area contributed by atoms with E-state index in [9.17, 15) is 14.0 Å². The van der Waals surface area contributed by atoms with E-state index >= 15 is 0 Å². The molecule has 0 saturated heterocycles. The van der Waals surface area contributed by atoms with E-state index in [1.807, 2.05) is 48.5 Å². The first-order valence-electron chi connectivity index (χ1n) is 14.7. The van der Waals surface area contributed by atoms with Gasteiger partial charge in [-0.1, -0.05) is 68.1 Å². The normalized spacial score (nSPS) is 10.2. The summed E-state index contributed by atoms with van der Waals surface area (Å²) in [5.74, 6) is -0.152. The number of benzene rings is 4. The van der Waals surface area contributed by atoms with E-state index < -0.39 is 17.8 Å². The number of aldehydes is 1. The molecule has 4 aromatic carbocycles. The van der Waals surface area contributed by atoms with Gasteiger partial charge in [0.2, 0.25) is 0 Å².